The summed E-state index contributed by atoms with van der Waals surface area (Å²) < 4.78 is 1.70. The van der Waals surface area contributed by atoms with Gasteiger partial charge in [0.05, 0.1) is 11.6 Å². The molecule has 0 aromatic carbocycles. The zero-order chi connectivity index (χ0) is 19.7. The molecule has 0 saturated heterocycles. The van der Waals surface area contributed by atoms with Gasteiger partial charge in [-0.25, -0.2) is 4.98 Å². The van der Waals surface area contributed by atoms with Crippen LogP contribution >= 0.6 is 11.8 Å². The molecule has 1 atom stereocenters. The average Bonchev–Trinajstić information content (AvgIpc) is 2.59. The zero-order valence-electron chi connectivity index (χ0n) is 17.2. The van der Waals surface area contributed by atoms with Crippen LogP contribution in [0.1, 0.15) is 65.0 Å². The maximum absolute atomic E-state index is 13.2. The Morgan fingerprint density at radius 2 is 1.79 bits per heavy atom. The molecule has 1 aromatic rings. The quantitative estimate of drug-likeness (QED) is 0.772. The summed E-state index contributed by atoms with van der Waals surface area (Å²) in [6.45, 7) is 6.67. The maximum atomic E-state index is 13.2. The van der Waals surface area contributed by atoms with Gasteiger partial charge in [-0.05, 0) is 56.3 Å². The maximum Gasteiger partial charge on any atom is 0.254 e. The van der Waals surface area contributed by atoms with Gasteiger partial charge < -0.3 is 5.32 Å². The number of rotatable bonds is 2. The third-order valence-corrected chi connectivity index (χ3v) is 8.49. The van der Waals surface area contributed by atoms with Crippen LogP contribution in [0, 0.1) is 23.7 Å². The van der Waals surface area contributed by atoms with Crippen molar-refractivity contribution >= 4 is 17.7 Å². The van der Waals surface area contributed by atoms with E-state index < -0.39 is 0 Å². The van der Waals surface area contributed by atoms with E-state index in [1.807, 2.05) is 0 Å². The lowest BCUT2D eigenvalue weighted by Crippen LogP contribution is -2.61. The van der Waals surface area contributed by atoms with E-state index in [-0.39, 0.29) is 28.3 Å². The van der Waals surface area contributed by atoms with E-state index >= 15 is 0 Å². The molecule has 28 heavy (non-hydrogen) atoms. The number of carbonyl (C=O) groups is 1. The smallest absolute Gasteiger partial charge is 0.254 e. The Kier molecular flexibility index (Phi) is 4.24. The first-order chi connectivity index (χ1) is 13.2. The topological polar surface area (TPSA) is 64.0 Å². The van der Waals surface area contributed by atoms with Gasteiger partial charge in [0.2, 0.25) is 5.91 Å². The van der Waals surface area contributed by atoms with Gasteiger partial charge in [0, 0.05) is 29.3 Å². The number of amides is 1. The summed E-state index contributed by atoms with van der Waals surface area (Å²) in [5.41, 5.74) is 0.681. The van der Waals surface area contributed by atoms with Gasteiger partial charge in [-0.15, -0.1) is 0 Å². The van der Waals surface area contributed by atoms with E-state index in [2.05, 4.69) is 26.1 Å². The van der Waals surface area contributed by atoms with E-state index in [4.69, 9.17) is 4.98 Å². The highest BCUT2D eigenvalue weighted by Gasteiger charge is 2.52. The fourth-order valence-corrected chi connectivity index (χ4v) is 7.47. The number of fused-ring (bicyclic) bond motifs is 1. The van der Waals surface area contributed by atoms with Crippen LogP contribution in [0.2, 0.25) is 0 Å². The van der Waals surface area contributed by atoms with Crippen molar-refractivity contribution in [3.63, 3.8) is 0 Å². The number of carbonyl (C=O) groups excluding carboxylic acids is 1. The molecule has 4 bridgehead atoms. The SMILES string of the molecule is CC(C)(C)c1cc(=O)n2c(n1)SCC(C(=O)NC13CC4CC(CC(C4)C1)C3)C2. The van der Waals surface area contributed by atoms with Crippen LogP contribution < -0.4 is 10.9 Å². The monoisotopic (exact) mass is 401 g/mol. The molecule has 4 saturated carbocycles. The molecule has 2 heterocycles. The highest BCUT2D eigenvalue weighted by Crippen LogP contribution is 2.55. The molecule has 4 fully saturated rings. The fourth-order valence-electron chi connectivity index (χ4n) is 6.38. The molecule has 5 nitrogen and oxygen atoms in total. The first kappa shape index (κ1) is 18.7. The molecule has 1 amide bonds. The predicted octanol–water partition coefficient (Wildman–Crippen LogP) is 3.35. The largest absolute Gasteiger partial charge is 0.350 e. The summed E-state index contributed by atoms with van der Waals surface area (Å²) in [4.78, 5) is 30.6. The lowest BCUT2D eigenvalue weighted by Gasteiger charge is -2.57. The molecule has 1 N–H and O–H groups in total. The number of nitrogens with one attached hydrogen (secondary N) is 1. The second-order valence-electron chi connectivity index (χ2n) is 10.8. The molecule has 4 aliphatic carbocycles. The molecular weight excluding hydrogens is 370 g/mol. The first-order valence-electron chi connectivity index (χ1n) is 10.8. The number of hydrogen-bond acceptors (Lipinski definition) is 4. The van der Waals surface area contributed by atoms with Gasteiger partial charge in [0.1, 0.15) is 0 Å². The van der Waals surface area contributed by atoms with Gasteiger partial charge >= 0.3 is 0 Å². The molecule has 0 radical (unpaired) electrons. The highest BCUT2D eigenvalue weighted by molar-refractivity contribution is 7.99. The molecule has 0 spiro atoms. The Bertz CT molecular complexity index is 834. The second kappa shape index (κ2) is 6.35. The van der Waals surface area contributed by atoms with E-state index in [9.17, 15) is 9.59 Å². The third kappa shape index (κ3) is 3.21. The summed E-state index contributed by atoms with van der Waals surface area (Å²) in [6.07, 6.45) is 7.61. The number of hydrogen-bond donors (Lipinski definition) is 1. The van der Waals surface area contributed by atoms with Gasteiger partial charge in [0.15, 0.2) is 5.16 Å². The molecule has 5 aliphatic rings. The summed E-state index contributed by atoms with van der Waals surface area (Å²) in [5.74, 6) is 3.15. The van der Waals surface area contributed by atoms with Crippen molar-refractivity contribution in [2.24, 2.45) is 23.7 Å². The van der Waals surface area contributed by atoms with Gasteiger partial charge in [-0.1, -0.05) is 32.5 Å². The van der Waals surface area contributed by atoms with Crippen LogP contribution in [0.3, 0.4) is 0 Å². The molecule has 6 rings (SSSR count). The van der Waals surface area contributed by atoms with E-state index in [1.165, 1.54) is 38.5 Å². The van der Waals surface area contributed by atoms with Crippen molar-refractivity contribution in [3.05, 3.63) is 22.1 Å². The summed E-state index contributed by atoms with van der Waals surface area (Å²) in [6, 6.07) is 1.64. The van der Waals surface area contributed by atoms with Crippen LogP contribution in [0.15, 0.2) is 16.0 Å². The lowest BCUT2D eigenvalue weighted by atomic mass is 9.53. The average molecular weight is 402 g/mol. The normalized spacial score (nSPS) is 36.2. The first-order valence-corrected chi connectivity index (χ1v) is 11.8. The van der Waals surface area contributed by atoms with E-state index in [0.717, 1.165) is 28.6 Å². The minimum atomic E-state index is -0.151. The van der Waals surface area contributed by atoms with Crippen LogP contribution in [-0.2, 0) is 16.8 Å². The minimum Gasteiger partial charge on any atom is -0.350 e. The Balaban J connectivity index is 1.33. The van der Waals surface area contributed by atoms with Gasteiger partial charge in [0.25, 0.3) is 5.56 Å². The number of thioether (sulfide) groups is 1. The molecular formula is C22H31N3O2S. The summed E-state index contributed by atoms with van der Waals surface area (Å²) in [7, 11) is 0. The van der Waals surface area contributed by atoms with Crippen molar-refractivity contribution in [1.82, 2.24) is 14.9 Å². The fraction of sp³-hybridized carbons (Fsp3) is 0.773. The standard InChI is InChI=1S/C22H31N3O2S/c1-21(2,3)17-7-18(26)25-11-16(12-28-20(25)23-17)19(27)24-22-8-13-4-14(9-22)6-15(5-13)10-22/h7,13-16H,4-6,8-12H2,1-3H3,(H,24,27). The molecule has 152 valence electrons. The van der Waals surface area contributed by atoms with Gasteiger partial charge in [-0.3, -0.25) is 14.2 Å². The van der Waals surface area contributed by atoms with Crippen LogP contribution in [0.5, 0.6) is 0 Å². The van der Waals surface area contributed by atoms with Crippen molar-refractivity contribution in [3.8, 4) is 0 Å². The minimum absolute atomic E-state index is 0.0327. The second-order valence-corrected chi connectivity index (χ2v) is 11.8. The van der Waals surface area contributed by atoms with Crippen LogP contribution in [0.4, 0.5) is 0 Å². The van der Waals surface area contributed by atoms with Gasteiger partial charge in [-0.2, -0.15) is 0 Å². The Hall–Kier alpha value is -1.30. The van der Waals surface area contributed by atoms with E-state index in [0.29, 0.717) is 12.3 Å². The Morgan fingerprint density at radius 1 is 1.18 bits per heavy atom. The molecule has 1 aliphatic heterocycles. The van der Waals surface area contributed by atoms with E-state index in [1.54, 1.807) is 22.4 Å². The molecule has 1 unspecified atom stereocenters. The Labute approximate surface area is 171 Å². The number of aromatic nitrogens is 2. The zero-order valence-corrected chi connectivity index (χ0v) is 18.0. The lowest BCUT2D eigenvalue weighted by molar-refractivity contribution is -0.130. The summed E-state index contributed by atoms with van der Waals surface area (Å²) in [5, 5.41) is 4.25. The third-order valence-electron chi connectivity index (χ3n) is 7.36. The molecule has 6 heteroatoms. The van der Waals surface area contributed by atoms with Crippen molar-refractivity contribution in [2.75, 3.05) is 5.75 Å². The number of nitrogens with zero attached hydrogens (tertiary/aromatic N) is 2. The highest BCUT2D eigenvalue weighted by atomic mass is 32.2. The van der Waals surface area contributed by atoms with Crippen molar-refractivity contribution in [1.29, 1.82) is 0 Å². The Morgan fingerprint density at radius 3 is 2.36 bits per heavy atom. The van der Waals surface area contributed by atoms with Crippen LogP contribution in [0.25, 0.3) is 0 Å². The van der Waals surface area contributed by atoms with Crippen molar-refractivity contribution in [2.45, 2.75) is 82.0 Å². The predicted molar refractivity (Wildman–Crippen MR) is 110 cm³/mol. The summed E-state index contributed by atoms with van der Waals surface area (Å²) >= 11 is 1.55. The van der Waals surface area contributed by atoms with Crippen molar-refractivity contribution < 1.29 is 4.79 Å². The van der Waals surface area contributed by atoms with Crippen LogP contribution in [-0.4, -0.2) is 26.8 Å². The molecule has 1 aromatic heterocycles.